The first-order valence-corrected chi connectivity index (χ1v) is 1.73. The average Bonchev–Trinajstić information content (AvgIpc) is 1.38. The van der Waals surface area contributed by atoms with Crippen LogP contribution in [0.25, 0.3) is 0 Å². The first kappa shape index (κ1) is 4.86. The van der Waals surface area contributed by atoms with Crippen molar-refractivity contribution in [3.63, 3.8) is 0 Å². The summed E-state index contributed by atoms with van der Waals surface area (Å²) < 4.78 is 0. The molecule has 0 saturated heterocycles. The molecule has 0 unspecified atom stereocenters. The molecule has 0 aliphatic heterocycles. The quantitative estimate of drug-likeness (QED) is 0.397. The molecule has 0 N–H and O–H groups in total. The van der Waals surface area contributed by atoms with Crippen molar-refractivity contribution in [1.82, 2.24) is 0 Å². The minimum atomic E-state index is 0.398. The molecule has 0 amide bonds. The fourth-order valence-electron chi connectivity index (χ4n) is 0. The summed E-state index contributed by atoms with van der Waals surface area (Å²) in [6, 6.07) is 0.398. The van der Waals surface area contributed by atoms with E-state index in [0.717, 1.165) is 0 Å². The summed E-state index contributed by atoms with van der Waals surface area (Å²) in [4.78, 5) is 3.64. The van der Waals surface area contributed by atoms with Crippen LogP contribution in [0.3, 0.4) is 0 Å². The van der Waals surface area contributed by atoms with Crippen molar-refractivity contribution < 1.29 is 0 Å². The summed E-state index contributed by atoms with van der Waals surface area (Å²) in [6.07, 6.45) is 0. The van der Waals surface area contributed by atoms with Crippen LogP contribution in [0.2, 0.25) is 0 Å². The molecule has 0 saturated carbocycles. The van der Waals surface area contributed by atoms with Gasteiger partial charge in [-0.15, -0.1) is 0 Å². The van der Waals surface area contributed by atoms with Gasteiger partial charge in [0.15, 0.2) is 0 Å². The van der Waals surface area contributed by atoms with Gasteiger partial charge in [-0.25, -0.2) is 0 Å². The fourth-order valence-corrected chi connectivity index (χ4v) is 0. The molecule has 0 radical (unpaired) electrons. The summed E-state index contributed by atoms with van der Waals surface area (Å²) in [6.45, 7) is 3.99. The molecule has 0 aromatic carbocycles. The van der Waals surface area contributed by atoms with E-state index in [9.17, 15) is 0 Å². The third-order valence-corrected chi connectivity index (χ3v) is 0.365. The van der Waals surface area contributed by atoms with Crippen LogP contribution in [-0.2, 0) is 0 Å². The van der Waals surface area contributed by atoms with Gasteiger partial charge in [0.1, 0.15) is 0 Å². The maximum atomic E-state index is 3.64. The Kier molecular flexibility index (Phi) is 2.07. The number of rotatable bonds is 1. The minimum absolute atomic E-state index is 0.398. The van der Waals surface area contributed by atoms with E-state index in [2.05, 4.69) is 12.5 Å². The van der Waals surface area contributed by atoms with E-state index in [1.165, 1.54) is 0 Å². The Morgan fingerprint density at radius 2 is 1.80 bits per heavy atom. The molecule has 0 atom stereocenters. The van der Waals surface area contributed by atoms with Gasteiger partial charge in [0.25, 0.3) is 0 Å². The molecule has 1 nitrogen and oxygen atoms in total. The third-order valence-electron chi connectivity index (χ3n) is 0.365. The van der Waals surface area contributed by atoms with Crippen LogP contribution in [0.15, 0.2) is 4.90 Å². The molecule has 0 aromatic rings. The van der Waals surface area contributed by atoms with Crippen LogP contribution < -0.4 is 0 Å². The summed E-state index contributed by atoms with van der Waals surface area (Å²) in [7, 11) is 3.31. The molecule has 0 rings (SSSR count). The molecule has 0 aromatic heterocycles. The van der Waals surface area contributed by atoms with Crippen LogP contribution in [0.1, 0.15) is 13.8 Å². The number of hydrogen-bond donors (Lipinski definition) is 0. The Bertz CT molecular complexity index is 33.9. The molecule has 2 heteroatoms. The van der Waals surface area contributed by atoms with Crippen molar-refractivity contribution in [2.75, 3.05) is 0 Å². The molecule has 0 bridgehead atoms. The predicted molar refractivity (Wildman–Crippen MR) is 24.7 cm³/mol. The zero-order valence-corrected chi connectivity index (χ0v) is 3.73. The average molecular weight is 68.9 g/mol. The van der Waals surface area contributed by atoms with Crippen molar-refractivity contribution in [3.05, 3.63) is 0 Å². The van der Waals surface area contributed by atoms with Crippen LogP contribution in [-0.4, -0.2) is 13.7 Å². The van der Waals surface area contributed by atoms with Gasteiger partial charge in [-0.05, 0) is 0 Å². The summed E-state index contributed by atoms with van der Waals surface area (Å²) in [5.41, 5.74) is 0. The van der Waals surface area contributed by atoms with Gasteiger partial charge in [0.2, 0.25) is 0 Å². The molecule has 28 valence electrons. The second-order valence-corrected chi connectivity index (χ2v) is 1.28. The molecule has 0 aliphatic rings. The van der Waals surface area contributed by atoms with Gasteiger partial charge in [-0.2, -0.15) is 0 Å². The van der Waals surface area contributed by atoms with Crippen molar-refractivity contribution in [2.45, 2.75) is 19.9 Å². The first-order chi connectivity index (χ1) is 2.27. The van der Waals surface area contributed by atoms with E-state index in [4.69, 9.17) is 0 Å². The topological polar surface area (TPSA) is 12.4 Å². The Labute approximate surface area is 33.5 Å². The van der Waals surface area contributed by atoms with Crippen molar-refractivity contribution in [2.24, 2.45) is 4.90 Å². The number of hydrogen-bond acceptors (Lipinski definition) is 1. The number of nitrogens with zero attached hydrogens (tertiary/aromatic N) is 1. The second kappa shape index (κ2) is 2.12. The van der Waals surface area contributed by atoms with E-state index in [1.807, 2.05) is 13.8 Å². The molecule has 0 heterocycles. The molecular formula is C3H8BN. The Morgan fingerprint density at radius 3 is 1.80 bits per heavy atom. The monoisotopic (exact) mass is 69.1 g/mol. The Hall–Kier alpha value is -0.135. The molecule has 0 aliphatic carbocycles. The zero-order chi connectivity index (χ0) is 4.28. The summed E-state index contributed by atoms with van der Waals surface area (Å²) >= 11 is 0. The summed E-state index contributed by atoms with van der Waals surface area (Å²) in [5.74, 6) is 0. The van der Waals surface area contributed by atoms with E-state index >= 15 is 0 Å². The Morgan fingerprint density at radius 1 is 1.60 bits per heavy atom. The van der Waals surface area contributed by atoms with Crippen LogP contribution >= 0.6 is 0 Å². The van der Waals surface area contributed by atoms with Gasteiger partial charge < -0.3 is 0 Å². The normalized spacial score (nSPS) is 8.40. The Balaban J connectivity index is 2.83. The van der Waals surface area contributed by atoms with E-state index in [-0.39, 0.29) is 0 Å². The van der Waals surface area contributed by atoms with Crippen LogP contribution in [0.4, 0.5) is 0 Å². The van der Waals surface area contributed by atoms with E-state index in [1.54, 1.807) is 0 Å². The van der Waals surface area contributed by atoms with E-state index in [0.29, 0.717) is 6.04 Å². The van der Waals surface area contributed by atoms with Crippen molar-refractivity contribution in [3.8, 4) is 0 Å². The molecule has 0 fully saturated rings. The van der Waals surface area contributed by atoms with Crippen LogP contribution in [0.5, 0.6) is 0 Å². The van der Waals surface area contributed by atoms with Crippen molar-refractivity contribution in [1.29, 1.82) is 0 Å². The first-order valence-electron chi connectivity index (χ1n) is 1.73. The maximum absolute atomic E-state index is 3.64. The molecule has 0 spiro atoms. The van der Waals surface area contributed by atoms with Crippen molar-refractivity contribution >= 4 is 7.64 Å². The fraction of sp³-hybridized carbons (Fsp3) is 1.00. The van der Waals surface area contributed by atoms with Gasteiger partial charge in [-0.1, -0.05) is 0 Å². The molecule has 5 heavy (non-hydrogen) atoms. The standard InChI is InChI=1S/C3H8BN/c1-3(2)5-4/h3-4H,1-2H3. The third kappa shape index (κ3) is 3.86. The van der Waals surface area contributed by atoms with E-state index < -0.39 is 0 Å². The predicted octanol–water partition coefficient (Wildman–Crippen LogP) is 0.479. The second-order valence-electron chi connectivity index (χ2n) is 1.28. The van der Waals surface area contributed by atoms with Gasteiger partial charge in [0.05, 0.1) is 0 Å². The van der Waals surface area contributed by atoms with Gasteiger partial charge in [-0.3, -0.25) is 0 Å². The van der Waals surface area contributed by atoms with Gasteiger partial charge >= 0.3 is 32.4 Å². The van der Waals surface area contributed by atoms with Crippen LogP contribution in [0, 0.1) is 0 Å². The zero-order valence-electron chi connectivity index (χ0n) is 3.73. The summed E-state index contributed by atoms with van der Waals surface area (Å²) in [5, 5.41) is 0. The molecular weight excluding hydrogens is 60.9 g/mol. The SMILES string of the molecule is B=NC(C)C. The van der Waals surface area contributed by atoms with Gasteiger partial charge in [0, 0.05) is 0 Å².